The van der Waals surface area contributed by atoms with Gasteiger partial charge in [-0.05, 0) is 30.7 Å². The zero-order valence-electron chi connectivity index (χ0n) is 13.8. The van der Waals surface area contributed by atoms with Gasteiger partial charge in [0.25, 0.3) is 0 Å². The summed E-state index contributed by atoms with van der Waals surface area (Å²) in [5, 5.41) is 0. The highest BCUT2D eigenvalue weighted by Gasteiger charge is 2.49. The minimum atomic E-state index is 0.474. The normalized spacial score (nSPS) is 28.1. The molecule has 0 unspecified atom stereocenters. The highest BCUT2D eigenvalue weighted by Crippen LogP contribution is 2.46. The molecular formula is C19H27NO2S. The SMILES string of the molecule is c1ccc(CN2CC3(C[C@@H](OCC4CCOCC4)CS3)C2)cc1. The predicted molar refractivity (Wildman–Crippen MR) is 94.8 cm³/mol. The zero-order valence-corrected chi connectivity index (χ0v) is 14.6. The molecule has 4 rings (SSSR count). The van der Waals surface area contributed by atoms with Crippen LogP contribution in [0.3, 0.4) is 0 Å². The van der Waals surface area contributed by atoms with Crippen molar-refractivity contribution in [2.24, 2.45) is 5.92 Å². The maximum atomic E-state index is 6.23. The molecule has 3 heterocycles. The third-order valence-electron chi connectivity index (χ3n) is 5.36. The van der Waals surface area contributed by atoms with E-state index in [4.69, 9.17) is 9.47 Å². The topological polar surface area (TPSA) is 21.7 Å². The summed E-state index contributed by atoms with van der Waals surface area (Å²) >= 11 is 2.15. The summed E-state index contributed by atoms with van der Waals surface area (Å²) in [6.07, 6.45) is 4.07. The van der Waals surface area contributed by atoms with Crippen LogP contribution in [-0.4, -0.2) is 54.4 Å². The Bertz CT molecular complexity index is 497. The molecule has 0 radical (unpaired) electrons. The van der Waals surface area contributed by atoms with E-state index in [2.05, 4.69) is 47.0 Å². The molecule has 0 N–H and O–H groups in total. The van der Waals surface area contributed by atoms with E-state index in [1.807, 2.05) is 0 Å². The van der Waals surface area contributed by atoms with Gasteiger partial charge in [0.2, 0.25) is 0 Å². The van der Waals surface area contributed by atoms with Gasteiger partial charge in [-0.2, -0.15) is 0 Å². The number of likely N-dealkylation sites (tertiary alicyclic amines) is 1. The molecule has 4 heteroatoms. The molecule has 0 aliphatic carbocycles. The van der Waals surface area contributed by atoms with Gasteiger partial charge in [0.1, 0.15) is 0 Å². The summed E-state index contributed by atoms with van der Waals surface area (Å²) in [5.41, 5.74) is 1.43. The van der Waals surface area contributed by atoms with Gasteiger partial charge in [-0.25, -0.2) is 0 Å². The van der Waals surface area contributed by atoms with Crippen molar-refractivity contribution < 1.29 is 9.47 Å². The Kier molecular flexibility index (Phi) is 4.95. The Morgan fingerprint density at radius 1 is 1.17 bits per heavy atom. The second kappa shape index (κ2) is 7.14. The summed E-state index contributed by atoms with van der Waals surface area (Å²) in [5.74, 6) is 1.91. The lowest BCUT2D eigenvalue weighted by Gasteiger charge is -2.47. The third kappa shape index (κ3) is 3.93. The van der Waals surface area contributed by atoms with Crippen molar-refractivity contribution in [1.29, 1.82) is 0 Å². The van der Waals surface area contributed by atoms with E-state index in [1.165, 1.54) is 43.7 Å². The second-order valence-corrected chi connectivity index (χ2v) is 8.83. The van der Waals surface area contributed by atoms with E-state index in [0.717, 1.165) is 32.3 Å². The van der Waals surface area contributed by atoms with Crippen molar-refractivity contribution >= 4 is 11.8 Å². The average molecular weight is 333 g/mol. The lowest BCUT2D eigenvalue weighted by Crippen LogP contribution is -2.58. The van der Waals surface area contributed by atoms with E-state index < -0.39 is 0 Å². The summed E-state index contributed by atoms with van der Waals surface area (Å²) in [4.78, 5) is 2.57. The number of hydrogen-bond donors (Lipinski definition) is 0. The Balaban J connectivity index is 1.19. The van der Waals surface area contributed by atoms with Crippen molar-refractivity contribution in [2.75, 3.05) is 38.7 Å². The van der Waals surface area contributed by atoms with Gasteiger partial charge in [0, 0.05) is 50.0 Å². The number of ether oxygens (including phenoxy) is 2. The molecule has 1 spiro atoms. The Labute approximate surface area is 143 Å². The lowest BCUT2D eigenvalue weighted by molar-refractivity contribution is -0.0133. The molecule has 1 aromatic carbocycles. The van der Waals surface area contributed by atoms with Crippen LogP contribution in [0.15, 0.2) is 30.3 Å². The molecular weight excluding hydrogens is 306 g/mol. The van der Waals surface area contributed by atoms with Gasteiger partial charge >= 0.3 is 0 Å². The highest BCUT2D eigenvalue weighted by atomic mass is 32.2. The quantitative estimate of drug-likeness (QED) is 0.825. The summed E-state index contributed by atoms with van der Waals surface area (Å²) in [7, 11) is 0. The fourth-order valence-electron chi connectivity index (χ4n) is 4.04. The van der Waals surface area contributed by atoms with Gasteiger partial charge in [0.15, 0.2) is 0 Å². The van der Waals surface area contributed by atoms with Crippen LogP contribution < -0.4 is 0 Å². The second-order valence-electron chi connectivity index (χ2n) is 7.34. The van der Waals surface area contributed by atoms with Crippen LogP contribution in [0.4, 0.5) is 0 Å². The molecule has 0 saturated carbocycles. The Hall–Kier alpha value is -0.550. The Morgan fingerprint density at radius 3 is 2.74 bits per heavy atom. The maximum Gasteiger partial charge on any atom is 0.0680 e. The van der Waals surface area contributed by atoms with Gasteiger partial charge in [0.05, 0.1) is 6.10 Å². The molecule has 0 amide bonds. The standard InChI is InChI=1S/C19H27NO2S/c1-2-4-16(5-3-1)11-20-14-19(15-20)10-18(13-23-19)22-12-17-6-8-21-9-7-17/h1-5,17-18H,6-15H2/t18-/m1/s1. The van der Waals surface area contributed by atoms with Crippen molar-refractivity contribution in [2.45, 2.75) is 36.7 Å². The summed E-state index contributed by atoms with van der Waals surface area (Å²) < 4.78 is 12.1. The van der Waals surface area contributed by atoms with E-state index in [1.54, 1.807) is 0 Å². The molecule has 3 aliphatic heterocycles. The predicted octanol–water partition coefficient (Wildman–Crippen LogP) is 3.19. The van der Waals surface area contributed by atoms with Crippen molar-refractivity contribution in [3.05, 3.63) is 35.9 Å². The average Bonchev–Trinajstić information content (AvgIpc) is 2.99. The highest BCUT2D eigenvalue weighted by molar-refractivity contribution is 8.01. The molecule has 3 fully saturated rings. The Morgan fingerprint density at radius 2 is 1.96 bits per heavy atom. The zero-order chi connectivity index (χ0) is 15.5. The number of benzene rings is 1. The first-order valence-electron chi connectivity index (χ1n) is 8.91. The van der Waals surface area contributed by atoms with Gasteiger partial charge in [-0.15, -0.1) is 11.8 Å². The minimum absolute atomic E-state index is 0.474. The van der Waals surface area contributed by atoms with Crippen molar-refractivity contribution in [1.82, 2.24) is 4.90 Å². The molecule has 1 atom stereocenters. The van der Waals surface area contributed by atoms with E-state index in [-0.39, 0.29) is 0 Å². The maximum absolute atomic E-state index is 6.23. The third-order valence-corrected chi connectivity index (χ3v) is 6.93. The molecule has 1 aromatic rings. The minimum Gasteiger partial charge on any atom is -0.381 e. The molecule has 23 heavy (non-hydrogen) atoms. The molecule has 0 bridgehead atoms. The molecule has 3 saturated heterocycles. The van der Waals surface area contributed by atoms with Crippen LogP contribution >= 0.6 is 11.8 Å². The molecule has 3 nitrogen and oxygen atoms in total. The lowest BCUT2D eigenvalue weighted by atomic mass is 9.92. The number of nitrogens with zero attached hydrogens (tertiary/aromatic N) is 1. The molecule has 126 valence electrons. The van der Waals surface area contributed by atoms with E-state index in [9.17, 15) is 0 Å². The van der Waals surface area contributed by atoms with E-state index >= 15 is 0 Å². The summed E-state index contributed by atoms with van der Waals surface area (Å²) in [6, 6.07) is 10.8. The van der Waals surface area contributed by atoms with Crippen molar-refractivity contribution in [3.63, 3.8) is 0 Å². The van der Waals surface area contributed by atoms with Gasteiger partial charge < -0.3 is 9.47 Å². The van der Waals surface area contributed by atoms with E-state index in [0.29, 0.717) is 10.9 Å². The van der Waals surface area contributed by atoms with Gasteiger partial charge in [-0.1, -0.05) is 30.3 Å². The molecule has 3 aliphatic rings. The van der Waals surface area contributed by atoms with Crippen LogP contribution in [0.5, 0.6) is 0 Å². The van der Waals surface area contributed by atoms with Crippen LogP contribution in [0.2, 0.25) is 0 Å². The fourth-order valence-corrected chi connectivity index (χ4v) is 5.64. The largest absolute Gasteiger partial charge is 0.381 e. The first-order valence-corrected chi connectivity index (χ1v) is 9.89. The smallest absolute Gasteiger partial charge is 0.0680 e. The first-order chi connectivity index (χ1) is 11.3. The van der Waals surface area contributed by atoms with Crippen LogP contribution in [0, 0.1) is 5.92 Å². The molecule has 0 aromatic heterocycles. The van der Waals surface area contributed by atoms with Crippen LogP contribution in [-0.2, 0) is 16.0 Å². The number of rotatable bonds is 5. The number of thioether (sulfide) groups is 1. The van der Waals surface area contributed by atoms with Crippen LogP contribution in [0.1, 0.15) is 24.8 Å². The fraction of sp³-hybridized carbons (Fsp3) is 0.684. The van der Waals surface area contributed by atoms with Crippen LogP contribution in [0.25, 0.3) is 0 Å². The van der Waals surface area contributed by atoms with Crippen molar-refractivity contribution in [3.8, 4) is 0 Å². The monoisotopic (exact) mass is 333 g/mol. The number of hydrogen-bond acceptors (Lipinski definition) is 4. The first kappa shape index (κ1) is 15.9. The van der Waals surface area contributed by atoms with Gasteiger partial charge in [-0.3, -0.25) is 4.90 Å². The summed E-state index contributed by atoms with van der Waals surface area (Å²) in [6.45, 7) is 6.33.